The minimum absolute atomic E-state index is 0.827. The summed E-state index contributed by atoms with van der Waals surface area (Å²) in [5, 5.41) is 11.4. The fraction of sp³-hybridized carbons (Fsp3) is 0.154. The first-order valence-electron chi connectivity index (χ1n) is 5.67. The molecule has 3 aromatic rings. The minimum Gasteiger partial charge on any atom is -0.361 e. The number of fused-ring (bicyclic) bond motifs is 1. The van der Waals surface area contributed by atoms with Crippen molar-refractivity contribution < 1.29 is 0 Å². The van der Waals surface area contributed by atoms with Crippen LogP contribution in [0.2, 0.25) is 0 Å². The van der Waals surface area contributed by atoms with Crippen molar-refractivity contribution in [3.05, 3.63) is 54.0 Å². The van der Waals surface area contributed by atoms with Gasteiger partial charge >= 0.3 is 0 Å². The van der Waals surface area contributed by atoms with Crippen LogP contribution in [0.3, 0.4) is 0 Å². The van der Waals surface area contributed by atoms with E-state index in [0.717, 1.165) is 13.1 Å². The molecule has 0 aliphatic rings. The van der Waals surface area contributed by atoms with Crippen molar-refractivity contribution in [3.8, 4) is 0 Å². The average molecular weight is 226 g/mol. The average Bonchev–Trinajstić information content (AvgIpc) is 2.99. The number of H-pyrrole nitrogens is 2. The van der Waals surface area contributed by atoms with Gasteiger partial charge in [-0.2, -0.15) is 5.10 Å². The number of nitrogens with one attached hydrogen (secondary N) is 3. The molecule has 2 aromatic heterocycles. The molecule has 0 bridgehead atoms. The van der Waals surface area contributed by atoms with Gasteiger partial charge in [-0.3, -0.25) is 5.10 Å². The Morgan fingerprint density at radius 3 is 3.06 bits per heavy atom. The summed E-state index contributed by atoms with van der Waals surface area (Å²) in [7, 11) is 0. The van der Waals surface area contributed by atoms with Gasteiger partial charge in [0.15, 0.2) is 0 Å². The van der Waals surface area contributed by atoms with Crippen molar-refractivity contribution in [2.45, 2.75) is 13.1 Å². The first-order chi connectivity index (χ1) is 8.43. The van der Waals surface area contributed by atoms with Crippen LogP contribution in [0.25, 0.3) is 10.9 Å². The zero-order valence-electron chi connectivity index (χ0n) is 9.40. The molecule has 1 aromatic carbocycles. The second-order valence-electron chi connectivity index (χ2n) is 4.07. The van der Waals surface area contributed by atoms with Gasteiger partial charge in [-0.05, 0) is 17.0 Å². The Bertz CT molecular complexity index is 595. The number of aromatic nitrogens is 3. The third kappa shape index (κ3) is 2.07. The van der Waals surface area contributed by atoms with E-state index in [1.807, 2.05) is 18.6 Å². The summed E-state index contributed by atoms with van der Waals surface area (Å²) in [4.78, 5) is 3.27. The molecule has 0 saturated heterocycles. The highest BCUT2D eigenvalue weighted by Gasteiger charge is 2.01. The number of benzene rings is 1. The second-order valence-corrected chi connectivity index (χ2v) is 4.07. The van der Waals surface area contributed by atoms with Crippen molar-refractivity contribution in [1.29, 1.82) is 0 Å². The maximum Gasteiger partial charge on any atom is 0.0532 e. The van der Waals surface area contributed by atoms with Crippen LogP contribution in [0.4, 0.5) is 0 Å². The van der Waals surface area contributed by atoms with Gasteiger partial charge in [0.2, 0.25) is 0 Å². The summed E-state index contributed by atoms with van der Waals surface area (Å²) >= 11 is 0. The normalized spacial score (nSPS) is 11.1. The number of nitrogens with zero attached hydrogens (tertiary/aromatic N) is 1. The van der Waals surface area contributed by atoms with Gasteiger partial charge in [0.05, 0.1) is 6.20 Å². The molecule has 3 N–H and O–H groups in total. The first kappa shape index (κ1) is 10.1. The zero-order valence-corrected chi connectivity index (χ0v) is 9.40. The zero-order chi connectivity index (χ0) is 11.5. The quantitative estimate of drug-likeness (QED) is 0.638. The SMILES string of the molecule is c1cc(CNCc2cn[nH]c2)c2[nH]ccc2c1. The molecular formula is C13H14N4. The molecule has 2 heterocycles. The molecule has 0 unspecified atom stereocenters. The molecule has 0 aliphatic carbocycles. The van der Waals surface area contributed by atoms with Gasteiger partial charge in [-0.25, -0.2) is 0 Å². The summed E-state index contributed by atoms with van der Waals surface area (Å²) in [5.41, 5.74) is 3.67. The van der Waals surface area contributed by atoms with Gasteiger partial charge in [-0.15, -0.1) is 0 Å². The summed E-state index contributed by atoms with van der Waals surface area (Å²) in [5.74, 6) is 0. The highest BCUT2D eigenvalue weighted by atomic mass is 15.1. The van der Waals surface area contributed by atoms with E-state index in [-0.39, 0.29) is 0 Å². The Balaban J connectivity index is 1.70. The largest absolute Gasteiger partial charge is 0.361 e. The van der Waals surface area contributed by atoms with E-state index in [0.29, 0.717) is 0 Å². The topological polar surface area (TPSA) is 56.5 Å². The van der Waals surface area contributed by atoms with Crippen molar-refractivity contribution in [3.63, 3.8) is 0 Å². The molecule has 0 amide bonds. The lowest BCUT2D eigenvalue weighted by Crippen LogP contribution is -2.12. The highest BCUT2D eigenvalue weighted by Crippen LogP contribution is 2.16. The van der Waals surface area contributed by atoms with Crippen LogP contribution in [0.5, 0.6) is 0 Å². The predicted molar refractivity (Wildman–Crippen MR) is 67.4 cm³/mol. The Hall–Kier alpha value is -2.07. The van der Waals surface area contributed by atoms with Gasteiger partial charge in [0.1, 0.15) is 0 Å². The highest BCUT2D eigenvalue weighted by molar-refractivity contribution is 5.82. The molecule has 4 nitrogen and oxygen atoms in total. The summed E-state index contributed by atoms with van der Waals surface area (Å²) in [6.45, 7) is 1.68. The number of hydrogen-bond acceptors (Lipinski definition) is 2. The van der Waals surface area contributed by atoms with Crippen LogP contribution in [-0.4, -0.2) is 15.2 Å². The molecule has 0 radical (unpaired) electrons. The van der Waals surface area contributed by atoms with Crippen molar-refractivity contribution in [2.24, 2.45) is 0 Å². The van der Waals surface area contributed by atoms with E-state index in [9.17, 15) is 0 Å². The molecule has 17 heavy (non-hydrogen) atoms. The molecule has 4 heteroatoms. The Morgan fingerprint density at radius 2 is 2.18 bits per heavy atom. The minimum atomic E-state index is 0.827. The molecule has 0 aliphatic heterocycles. The van der Waals surface area contributed by atoms with Crippen molar-refractivity contribution in [2.75, 3.05) is 0 Å². The fourth-order valence-corrected chi connectivity index (χ4v) is 2.01. The molecule has 0 spiro atoms. The summed E-state index contributed by atoms with van der Waals surface area (Å²) in [6.07, 6.45) is 5.72. The molecule has 3 rings (SSSR count). The predicted octanol–water partition coefficient (Wildman–Crippen LogP) is 2.18. The molecular weight excluding hydrogens is 212 g/mol. The van der Waals surface area contributed by atoms with E-state index < -0.39 is 0 Å². The maximum atomic E-state index is 3.92. The summed E-state index contributed by atoms with van der Waals surface area (Å²) < 4.78 is 0. The van der Waals surface area contributed by atoms with Gasteiger partial charge < -0.3 is 10.3 Å². The van der Waals surface area contributed by atoms with E-state index >= 15 is 0 Å². The van der Waals surface area contributed by atoms with Crippen LogP contribution in [0.1, 0.15) is 11.1 Å². The maximum absolute atomic E-state index is 3.92. The number of aromatic amines is 2. The third-order valence-corrected chi connectivity index (χ3v) is 2.87. The van der Waals surface area contributed by atoms with Crippen LogP contribution in [-0.2, 0) is 13.1 Å². The first-order valence-corrected chi connectivity index (χ1v) is 5.67. The van der Waals surface area contributed by atoms with Crippen molar-refractivity contribution >= 4 is 10.9 Å². The van der Waals surface area contributed by atoms with Crippen LogP contribution in [0, 0.1) is 0 Å². The standard InChI is InChI=1S/C13H14N4/c1-2-11-4-5-15-13(11)12(3-1)9-14-6-10-7-16-17-8-10/h1-5,7-8,14-15H,6,9H2,(H,16,17). The van der Waals surface area contributed by atoms with Crippen LogP contribution in [0.15, 0.2) is 42.9 Å². The Labute approximate surface area is 99.1 Å². The lowest BCUT2D eigenvalue weighted by Gasteiger charge is -2.04. The van der Waals surface area contributed by atoms with E-state index in [1.54, 1.807) is 0 Å². The van der Waals surface area contributed by atoms with Crippen molar-refractivity contribution in [1.82, 2.24) is 20.5 Å². The smallest absolute Gasteiger partial charge is 0.0532 e. The summed E-state index contributed by atoms with van der Waals surface area (Å²) in [6, 6.07) is 8.44. The lowest BCUT2D eigenvalue weighted by atomic mass is 10.1. The van der Waals surface area contributed by atoms with Crippen LogP contribution < -0.4 is 5.32 Å². The van der Waals surface area contributed by atoms with Gasteiger partial charge in [0, 0.05) is 36.6 Å². The van der Waals surface area contributed by atoms with Crippen LogP contribution >= 0.6 is 0 Å². The fourth-order valence-electron chi connectivity index (χ4n) is 2.01. The number of hydrogen-bond donors (Lipinski definition) is 3. The second kappa shape index (κ2) is 4.43. The molecule has 86 valence electrons. The van der Waals surface area contributed by atoms with Gasteiger partial charge in [-0.1, -0.05) is 18.2 Å². The van der Waals surface area contributed by atoms with E-state index in [2.05, 4.69) is 44.8 Å². The number of para-hydroxylation sites is 1. The molecule has 0 fully saturated rings. The van der Waals surface area contributed by atoms with E-state index in [4.69, 9.17) is 0 Å². The van der Waals surface area contributed by atoms with Gasteiger partial charge in [0.25, 0.3) is 0 Å². The molecule has 0 saturated carbocycles. The molecule has 0 atom stereocenters. The van der Waals surface area contributed by atoms with E-state index in [1.165, 1.54) is 22.0 Å². The third-order valence-electron chi connectivity index (χ3n) is 2.87. The number of rotatable bonds is 4. The Morgan fingerprint density at radius 1 is 1.18 bits per heavy atom. The lowest BCUT2D eigenvalue weighted by molar-refractivity contribution is 0.696. The Kier molecular flexibility index (Phi) is 2.63. The monoisotopic (exact) mass is 226 g/mol.